The van der Waals surface area contributed by atoms with Crippen molar-refractivity contribution in [3.05, 3.63) is 52.6 Å². The molecule has 0 amide bonds. The molecule has 0 spiro atoms. The summed E-state index contributed by atoms with van der Waals surface area (Å²) in [6.07, 6.45) is 1.56. The van der Waals surface area contributed by atoms with Gasteiger partial charge in [0.25, 0.3) is 0 Å². The summed E-state index contributed by atoms with van der Waals surface area (Å²) < 4.78 is 5.59. The van der Waals surface area contributed by atoms with Crippen molar-refractivity contribution in [2.45, 2.75) is 0 Å². The van der Waals surface area contributed by atoms with Crippen molar-refractivity contribution in [1.29, 1.82) is 0 Å². The van der Waals surface area contributed by atoms with E-state index in [1.165, 1.54) is 7.11 Å². The maximum atomic E-state index is 11.4. The van der Waals surface area contributed by atoms with Gasteiger partial charge in [-0.15, -0.1) is 0 Å². The summed E-state index contributed by atoms with van der Waals surface area (Å²) in [5.41, 5.74) is 1.34. The van der Waals surface area contributed by atoms with Crippen LogP contribution in [-0.4, -0.2) is 18.1 Å². The van der Waals surface area contributed by atoms with E-state index < -0.39 is 0 Å². The first-order valence-corrected chi connectivity index (χ1v) is 6.06. The first-order valence-electron chi connectivity index (χ1n) is 5.26. The van der Waals surface area contributed by atoms with Crippen molar-refractivity contribution < 1.29 is 9.53 Å². The van der Waals surface area contributed by atoms with Gasteiger partial charge < -0.3 is 10.1 Å². The minimum atomic E-state index is -0.382. The molecule has 1 aromatic carbocycles. The number of para-hydroxylation sites is 1. The number of halogens is 1. The number of methoxy groups -OCH3 is 1. The number of nitrogens with one attached hydrogen (secondary N) is 1. The largest absolute Gasteiger partial charge is 0.465 e. The van der Waals surface area contributed by atoms with Gasteiger partial charge in [0.1, 0.15) is 5.82 Å². The summed E-state index contributed by atoms with van der Waals surface area (Å²) in [6, 6.07) is 10.9. The van der Waals surface area contributed by atoms with Crippen molar-refractivity contribution in [3.8, 4) is 0 Å². The number of carbonyl (C=O) groups is 1. The van der Waals surface area contributed by atoms with E-state index in [1.54, 1.807) is 18.3 Å². The Hall–Kier alpha value is -1.88. The van der Waals surface area contributed by atoms with E-state index in [-0.39, 0.29) is 5.97 Å². The molecule has 92 valence electrons. The van der Waals surface area contributed by atoms with Crippen LogP contribution in [0, 0.1) is 0 Å². The van der Waals surface area contributed by atoms with Crippen LogP contribution < -0.4 is 5.32 Å². The predicted octanol–water partition coefficient (Wildman–Crippen LogP) is 3.37. The zero-order valence-electron chi connectivity index (χ0n) is 9.68. The van der Waals surface area contributed by atoms with E-state index in [9.17, 15) is 4.79 Å². The van der Waals surface area contributed by atoms with Gasteiger partial charge in [0.15, 0.2) is 0 Å². The molecule has 0 aliphatic rings. The molecule has 0 aliphatic carbocycles. The second-order valence-electron chi connectivity index (χ2n) is 3.53. The highest BCUT2D eigenvalue weighted by Crippen LogP contribution is 2.24. The van der Waals surface area contributed by atoms with Crippen LogP contribution in [0.2, 0.25) is 0 Å². The monoisotopic (exact) mass is 306 g/mol. The molecule has 18 heavy (non-hydrogen) atoms. The van der Waals surface area contributed by atoms with E-state index in [0.717, 1.165) is 10.2 Å². The zero-order valence-corrected chi connectivity index (χ0v) is 11.3. The van der Waals surface area contributed by atoms with Crippen molar-refractivity contribution in [2.75, 3.05) is 12.4 Å². The van der Waals surface area contributed by atoms with Crippen LogP contribution in [-0.2, 0) is 4.74 Å². The van der Waals surface area contributed by atoms with Crippen LogP contribution in [0.1, 0.15) is 10.4 Å². The van der Waals surface area contributed by atoms with E-state index >= 15 is 0 Å². The SMILES string of the molecule is COC(=O)c1ccnc(Nc2ccccc2Br)c1. The summed E-state index contributed by atoms with van der Waals surface area (Å²) in [4.78, 5) is 15.6. The lowest BCUT2D eigenvalue weighted by Gasteiger charge is -2.08. The molecule has 5 heteroatoms. The minimum absolute atomic E-state index is 0.382. The fourth-order valence-corrected chi connectivity index (χ4v) is 1.83. The Labute approximate surface area is 113 Å². The summed E-state index contributed by atoms with van der Waals surface area (Å²) >= 11 is 3.43. The van der Waals surface area contributed by atoms with Gasteiger partial charge in [0.2, 0.25) is 0 Å². The number of aromatic nitrogens is 1. The normalized spacial score (nSPS) is 9.89. The molecule has 2 aromatic rings. The number of carbonyl (C=O) groups excluding carboxylic acids is 1. The first-order chi connectivity index (χ1) is 8.70. The maximum absolute atomic E-state index is 11.4. The number of hydrogen-bond donors (Lipinski definition) is 1. The molecule has 0 atom stereocenters. The number of hydrogen-bond acceptors (Lipinski definition) is 4. The van der Waals surface area contributed by atoms with Crippen LogP contribution in [0.25, 0.3) is 0 Å². The molecule has 0 unspecified atom stereocenters. The van der Waals surface area contributed by atoms with Gasteiger partial charge in [-0.3, -0.25) is 0 Å². The Morgan fingerprint density at radius 2 is 2.11 bits per heavy atom. The predicted molar refractivity (Wildman–Crippen MR) is 73.0 cm³/mol. The van der Waals surface area contributed by atoms with Gasteiger partial charge in [0.05, 0.1) is 18.4 Å². The topological polar surface area (TPSA) is 51.2 Å². The second-order valence-corrected chi connectivity index (χ2v) is 4.38. The Kier molecular flexibility index (Phi) is 3.94. The maximum Gasteiger partial charge on any atom is 0.338 e. The molecule has 0 bridgehead atoms. The highest BCUT2D eigenvalue weighted by atomic mass is 79.9. The third-order valence-electron chi connectivity index (χ3n) is 2.32. The Balaban J connectivity index is 2.25. The summed E-state index contributed by atoms with van der Waals surface area (Å²) in [7, 11) is 1.35. The minimum Gasteiger partial charge on any atom is -0.465 e. The van der Waals surface area contributed by atoms with Crippen LogP contribution in [0.5, 0.6) is 0 Å². The van der Waals surface area contributed by atoms with Gasteiger partial charge >= 0.3 is 5.97 Å². The van der Waals surface area contributed by atoms with Crippen molar-refractivity contribution in [3.63, 3.8) is 0 Å². The molecule has 0 radical (unpaired) electrons. The number of ether oxygens (including phenoxy) is 1. The van der Waals surface area contributed by atoms with Crippen molar-refractivity contribution >= 4 is 33.4 Å². The van der Waals surface area contributed by atoms with Gasteiger partial charge in [-0.05, 0) is 40.2 Å². The average molecular weight is 307 g/mol. The lowest BCUT2D eigenvalue weighted by atomic mass is 10.2. The van der Waals surface area contributed by atoms with Gasteiger partial charge in [-0.25, -0.2) is 9.78 Å². The molecule has 0 aliphatic heterocycles. The number of rotatable bonds is 3. The Morgan fingerprint density at radius 1 is 1.33 bits per heavy atom. The van der Waals surface area contributed by atoms with Crippen LogP contribution >= 0.6 is 15.9 Å². The molecule has 2 rings (SSSR count). The molecule has 0 fully saturated rings. The van der Waals surface area contributed by atoms with Gasteiger partial charge in [-0.1, -0.05) is 12.1 Å². The van der Waals surface area contributed by atoms with Crippen LogP contribution in [0.4, 0.5) is 11.5 Å². The van der Waals surface area contributed by atoms with E-state index in [4.69, 9.17) is 0 Å². The van der Waals surface area contributed by atoms with E-state index in [0.29, 0.717) is 11.4 Å². The molecular weight excluding hydrogens is 296 g/mol. The van der Waals surface area contributed by atoms with E-state index in [1.807, 2.05) is 24.3 Å². The van der Waals surface area contributed by atoms with Gasteiger partial charge in [0, 0.05) is 10.7 Å². The Bertz CT molecular complexity index is 572. The smallest absolute Gasteiger partial charge is 0.338 e. The third kappa shape index (κ3) is 2.87. The number of nitrogens with zero attached hydrogens (tertiary/aromatic N) is 1. The molecule has 1 aromatic heterocycles. The molecule has 1 N–H and O–H groups in total. The number of pyridine rings is 1. The highest BCUT2D eigenvalue weighted by Gasteiger charge is 2.07. The fourth-order valence-electron chi connectivity index (χ4n) is 1.44. The third-order valence-corrected chi connectivity index (χ3v) is 3.01. The molecule has 4 nitrogen and oxygen atoms in total. The van der Waals surface area contributed by atoms with Crippen molar-refractivity contribution in [1.82, 2.24) is 4.98 Å². The summed E-state index contributed by atoms with van der Waals surface area (Å²) in [5, 5.41) is 3.13. The molecular formula is C13H11BrN2O2. The number of anilines is 2. The molecule has 0 saturated carbocycles. The van der Waals surface area contributed by atoms with E-state index in [2.05, 4.69) is 31.0 Å². The lowest BCUT2D eigenvalue weighted by Crippen LogP contribution is -2.03. The number of benzene rings is 1. The molecule has 0 saturated heterocycles. The second kappa shape index (κ2) is 5.64. The first kappa shape index (κ1) is 12.6. The standard InChI is InChI=1S/C13H11BrN2O2/c1-18-13(17)9-6-7-15-12(8-9)16-11-5-3-2-4-10(11)14/h2-8H,1H3,(H,15,16). The average Bonchev–Trinajstić information content (AvgIpc) is 2.41. The fraction of sp³-hybridized carbons (Fsp3) is 0.0769. The molecule has 1 heterocycles. The number of esters is 1. The summed E-state index contributed by atoms with van der Waals surface area (Å²) in [6.45, 7) is 0. The quantitative estimate of drug-likeness (QED) is 0.883. The van der Waals surface area contributed by atoms with Crippen LogP contribution in [0.3, 0.4) is 0 Å². The zero-order chi connectivity index (χ0) is 13.0. The summed E-state index contributed by atoms with van der Waals surface area (Å²) in [5.74, 6) is 0.206. The van der Waals surface area contributed by atoms with Gasteiger partial charge in [-0.2, -0.15) is 0 Å². The Morgan fingerprint density at radius 3 is 2.83 bits per heavy atom. The van der Waals surface area contributed by atoms with Crippen LogP contribution in [0.15, 0.2) is 47.1 Å². The van der Waals surface area contributed by atoms with Crippen molar-refractivity contribution in [2.24, 2.45) is 0 Å². The highest BCUT2D eigenvalue weighted by molar-refractivity contribution is 9.10. The lowest BCUT2D eigenvalue weighted by molar-refractivity contribution is 0.0600.